The molecule has 29 heavy (non-hydrogen) atoms. The van der Waals surface area contributed by atoms with Gasteiger partial charge in [-0.25, -0.2) is 26.3 Å². The third-order valence-electron chi connectivity index (χ3n) is 3.98. The number of primary sulfonamides is 1. The number of hydrogen-bond acceptors (Lipinski definition) is 7. The van der Waals surface area contributed by atoms with Gasteiger partial charge in [-0.05, 0) is 43.2 Å². The van der Waals surface area contributed by atoms with Crippen LogP contribution in [0.25, 0.3) is 0 Å². The van der Waals surface area contributed by atoms with Crippen LogP contribution in [0.3, 0.4) is 0 Å². The van der Waals surface area contributed by atoms with Gasteiger partial charge < -0.3 is 0 Å². The van der Waals surface area contributed by atoms with Crippen molar-refractivity contribution in [3.8, 4) is 0 Å². The topological polar surface area (TPSA) is 123 Å². The number of anilines is 1. The predicted molar refractivity (Wildman–Crippen MR) is 115 cm³/mol. The number of halogens is 1. The number of benzene rings is 2. The number of nitrogens with zero attached hydrogens (tertiary/aromatic N) is 3. The van der Waals surface area contributed by atoms with Crippen molar-refractivity contribution in [1.82, 2.24) is 10.2 Å². The molecule has 1 aromatic heterocycles. The van der Waals surface area contributed by atoms with E-state index in [2.05, 4.69) is 26.1 Å². The van der Waals surface area contributed by atoms with Gasteiger partial charge in [-0.3, -0.25) is 0 Å². The Bertz CT molecular complexity index is 1210. The fourth-order valence-corrected chi connectivity index (χ4v) is 5.79. The summed E-state index contributed by atoms with van der Waals surface area (Å²) < 4.78 is 51.1. The van der Waals surface area contributed by atoms with Crippen molar-refractivity contribution in [2.45, 2.75) is 22.6 Å². The maximum atomic E-state index is 13.3. The normalized spacial score (nSPS) is 12.1. The molecule has 0 bridgehead atoms. The Labute approximate surface area is 181 Å². The molecule has 3 aromatic rings. The van der Waals surface area contributed by atoms with Crippen molar-refractivity contribution in [2.24, 2.45) is 5.14 Å². The molecule has 0 amide bonds. The fraction of sp³-hybridized carbons (Fsp3) is 0.176. The summed E-state index contributed by atoms with van der Waals surface area (Å²) in [5.74, 6) is 0. The van der Waals surface area contributed by atoms with Gasteiger partial charge >= 0.3 is 0 Å². The molecule has 3 rings (SSSR count). The van der Waals surface area contributed by atoms with Crippen LogP contribution in [0.4, 0.5) is 5.13 Å². The average Bonchev–Trinajstić information content (AvgIpc) is 3.14. The molecule has 0 radical (unpaired) electrons. The van der Waals surface area contributed by atoms with Crippen molar-refractivity contribution >= 4 is 52.4 Å². The third kappa shape index (κ3) is 5.20. The zero-order chi connectivity index (χ0) is 21.2. The van der Waals surface area contributed by atoms with Gasteiger partial charge in [0.05, 0.1) is 4.90 Å². The van der Waals surface area contributed by atoms with Crippen molar-refractivity contribution in [2.75, 3.05) is 10.8 Å². The van der Waals surface area contributed by atoms with E-state index in [1.165, 1.54) is 12.1 Å². The molecule has 0 saturated heterocycles. The average molecular weight is 517 g/mol. The van der Waals surface area contributed by atoms with Gasteiger partial charge in [-0.15, -0.1) is 10.2 Å². The van der Waals surface area contributed by atoms with Crippen molar-refractivity contribution in [1.29, 1.82) is 0 Å². The number of sulfonamides is 2. The standard InChI is InChI=1S/C17H17BrN4O4S3/c1-12-2-8-15(9-3-12)29(25,26)22(11-10-13-4-6-14(18)7-5-13)16-20-21-17(27-16)28(19,23)24/h2-9H,10-11H2,1H3,(H2,19,23,24). The minimum absolute atomic E-state index is 0.0527. The number of nitrogens with two attached hydrogens (primary N) is 1. The lowest BCUT2D eigenvalue weighted by atomic mass is 10.1. The second-order valence-electron chi connectivity index (χ2n) is 6.16. The maximum Gasteiger partial charge on any atom is 0.267 e. The smallest absolute Gasteiger partial charge is 0.239 e. The number of hydrogen-bond donors (Lipinski definition) is 1. The van der Waals surface area contributed by atoms with Crippen LogP contribution in [-0.4, -0.2) is 33.6 Å². The summed E-state index contributed by atoms with van der Waals surface area (Å²) in [7, 11) is -8.07. The molecule has 0 aliphatic heterocycles. The zero-order valence-corrected chi connectivity index (χ0v) is 19.2. The Morgan fingerprint density at radius 3 is 2.17 bits per heavy atom. The molecule has 0 spiro atoms. The van der Waals surface area contributed by atoms with E-state index in [1.807, 2.05) is 31.2 Å². The highest BCUT2D eigenvalue weighted by Crippen LogP contribution is 2.29. The van der Waals surface area contributed by atoms with E-state index in [-0.39, 0.29) is 16.6 Å². The van der Waals surface area contributed by atoms with Crippen molar-refractivity contribution in [3.05, 3.63) is 64.1 Å². The lowest BCUT2D eigenvalue weighted by Crippen LogP contribution is -2.33. The van der Waals surface area contributed by atoms with Gasteiger partial charge in [0.2, 0.25) is 9.47 Å². The zero-order valence-electron chi connectivity index (χ0n) is 15.2. The van der Waals surface area contributed by atoms with Crippen LogP contribution in [0.15, 0.2) is 62.2 Å². The third-order valence-corrected chi connectivity index (χ3v) is 8.68. The summed E-state index contributed by atoms with van der Waals surface area (Å²) in [6, 6.07) is 13.8. The lowest BCUT2D eigenvalue weighted by molar-refractivity contribution is 0.590. The Morgan fingerprint density at radius 1 is 1.00 bits per heavy atom. The highest BCUT2D eigenvalue weighted by molar-refractivity contribution is 9.10. The SMILES string of the molecule is Cc1ccc(S(=O)(=O)N(CCc2ccc(Br)cc2)c2nnc(S(N)(=O)=O)s2)cc1. The van der Waals surface area contributed by atoms with E-state index in [4.69, 9.17) is 5.14 Å². The first-order valence-electron chi connectivity index (χ1n) is 8.27. The first-order chi connectivity index (χ1) is 13.6. The van der Waals surface area contributed by atoms with E-state index < -0.39 is 24.4 Å². The Kier molecular flexibility index (Phi) is 6.39. The first kappa shape index (κ1) is 21.8. The largest absolute Gasteiger partial charge is 0.267 e. The summed E-state index contributed by atoms with van der Waals surface area (Å²) >= 11 is 3.97. The van der Waals surface area contributed by atoms with Gasteiger partial charge in [-0.2, -0.15) is 0 Å². The molecule has 2 aromatic carbocycles. The fourth-order valence-electron chi connectivity index (χ4n) is 2.46. The van der Waals surface area contributed by atoms with E-state index in [0.717, 1.165) is 19.9 Å². The first-order valence-corrected chi connectivity index (χ1v) is 12.9. The van der Waals surface area contributed by atoms with Crippen LogP contribution >= 0.6 is 27.3 Å². The van der Waals surface area contributed by atoms with E-state index in [0.29, 0.717) is 17.8 Å². The van der Waals surface area contributed by atoms with Gasteiger partial charge in [0, 0.05) is 11.0 Å². The van der Waals surface area contributed by atoms with Crippen LogP contribution in [0.5, 0.6) is 0 Å². The van der Waals surface area contributed by atoms with E-state index in [9.17, 15) is 16.8 Å². The molecule has 0 aliphatic carbocycles. The summed E-state index contributed by atoms with van der Waals surface area (Å²) in [4.78, 5) is 0.0752. The Morgan fingerprint density at radius 2 is 1.62 bits per heavy atom. The van der Waals surface area contributed by atoms with Gasteiger partial charge in [0.25, 0.3) is 20.0 Å². The lowest BCUT2D eigenvalue weighted by Gasteiger charge is -2.21. The summed E-state index contributed by atoms with van der Waals surface area (Å²) in [5.41, 5.74) is 1.83. The van der Waals surface area contributed by atoms with Crippen molar-refractivity contribution < 1.29 is 16.8 Å². The molecule has 8 nitrogen and oxygen atoms in total. The van der Waals surface area contributed by atoms with E-state index in [1.54, 1.807) is 12.1 Å². The molecule has 1 heterocycles. The molecule has 0 aliphatic rings. The summed E-state index contributed by atoms with van der Waals surface area (Å²) in [6.07, 6.45) is 0.392. The highest BCUT2D eigenvalue weighted by Gasteiger charge is 2.29. The number of aromatic nitrogens is 2. The molecule has 0 fully saturated rings. The van der Waals surface area contributed by atoms with E-state index >= 15 is 0 Å². The molecular formula is C17H17BrN4O4S3. The summed E-state index contributed by atoms with van der Waals surface area (Å²) in [6.45, 7) is 1.90. The Hall–Kier alpha value is -1.86. The second kappa shape index (κ2) is 8.48. The molecular weight excluding hydrogens is 500 g/mol. The number of aryl methyl sites for hydroxylation is 1. The number of rotatable bonds is 7. The molecule has 0 unspecified atom stereocenters. The molecule has 12 heteroatoms. The molecule has 154 valence electrons. The van der Waals surface area contributed by atoms with Gasteiger partial charge in [0.1, 0.15) is 0 Å². The predicted octanol–water partition coefficient (Wildman–Crippen LogP) is 2.69. The Balaban J connectivity index is 1.99. The van der Waals surface area contributed by atoms with Crippen LogP contribution in [-0.2, 0) is 26.5 Å². The van der Waals surface area contributed by atoms with Crippen LogP contribution in [0.1, 0.15) is 11.1 Å². The van der Waals surface area contributed by atoms with Gasteiger partial charge in [0.15, 0.2) is 0 Å². The molecule has 0 saturated carbocycles. The molecule has 0 atom stereocenters. The monoisotopic (exact) mass is 516 g/mol. The summed E-state index contributed by atoms with van der Waals surface area (Å²) in [5, 5.41) is 12.3. The van der Waals surface area contributed by atoms with Crippen LogP contribution < -0.4 is 9.44 Å². The van der Waals surface area contributed by atoms with Crippen LogP contribution in [0, 0.1) is 6.92 Å². The highest BCUT2D eigenvalue weighted by atomic mass is 79.9. The maximum absolute atomic E-state index is 13.3. The minimum atomic E-state index is -4.08. The van der Waals surface area contributed by atoms with Crippen LogP contribution in [0.2, 0.25) is 0 Å². The minimum Gasteiger partial charge on any atom is -0.239 e. The van der Waals surface area contributed by atoms with Gasteiger partial charge in [-0.1, -0.05) is 57.1 Å². The second-order valence-corrected chi connectivity index (χ2v) is 11.6. The molecule has 2 N–H and O–H groups in total. The van der Waals surface area contributed by atoms with Crippen molar-refractivity contribution in [3.63, 3.8) is 0 Å². The quantitative estimate of drug-likeness (QED) is 0.514.